The van der Waals surface area contributed by atoms with Gasteiger partial charge in [-0.25, -0.2) is 0 Å². The highest BCUT2D eigenvalue weighted by molar-refractivity contribution is 4.24. The molecule has 20 heavy (non-hydrogen) atoms. The first-order valence-corrected chi connectivity index (χ1v) is 9.66. The first-order valence-electron chi connectivity index (χ1n) is 9.66. The van der Waals surface area contributed by atoms with Gasteiger partial charge in [0, 0.05) is 0 Å². The van der Waals surface area contributed by atoms with Crippen molar-refractivity contribution in [1.29, 1.82) is 0 Å². The average Bonchev–Trinajstić information content (AvgIpc) is 2.49. The van der Waals surface area contributed by atoms with E-state index in [1.54, 1.807) is 0 Å². The summed E-state index contributed by atoms with van der Waals surface area (Å²) in [5.74, 6) is 0. The molecule has 0 heterocycles. The lowest BCUT2D eigenvalue weighted by Crippen LogP contribution is -1.59. The van der Waals surface area contributed by atoms with E-state index in [-0.39, 0.29) is 0 Å². The van der Waals surface area contributed by atoms with Gasteiger partial charge in [-0.3, -0.25) is 0 Å². The van der Waals surface area contributed by atoms with Crippen LogP contribution in [-0.4, -0.2) is 0 Å². The molecular formula is C20H54. The smallest absolute Gasteiger partial charge is 0.0538 e. The molecule has 0 radical (unpaired) electrons. The van der Waals surface area contributed by atoms with Crippen LogP contribution in [0.1, 0.15) is 135 Å². The minimum Gasteiger partial charge on any atom is -0.0683 e. The van der Waals surface area contributed by atoms with Crippen molar-refractivity contribution in [1.82, 2.24) is 0 Å². The van der Waals surface area contributed by atoms with Crippen molar-refractivity contribution in [2.45, 2.75) is 135 Å². The van der Waals surface area contributed by atoms with Gasteiger partial charge < -0.3 is 0 Å². The van der Waals surface area contributed by atoms with Crippen LogP contribution in [0.25, 0.3) is 0 Å². The van der Waals surface area contributed by atoms with Crippen molar-refractivity contribution in [2.75, 3.05) is 0 Å². The van der Waals surface area contributed by atoms with E-state index in [9.17, 15) is 0 Å². The molecule has 0 aliphatic carbocycles. The molecule has 0 aliphatic heterocycles. The summed E-state index contributed by atoms with van der Waals surface area (Å²) in [6, 6.07) is 0. The standard InChI is InChI=1S/C5H12.3C3H8.3C2H6/c1-3-5-4-2;3*1-3-2;3*1-2/h3-5H2,1-2H3;3*3H2,1-2H3;3*1-2H3. The van der Waals surface area contributed by atoms with Crippen molar-refractivity contribution in [3.05, 3.63) is 0 Å². The van der Waals surface area contributed by atoms with Gasteiger partial charge in [0.25, 0.3) is 0 Å². The highest BCUT2D eigenvalue weighted by Crippen LogP contribution is 1.88. The van der Waals surface area contributed by atoms with Crippen LogP contribution >= 0.6 is 0 Å². The Hall–Kier alpha value is 0. The predicted octanol–water partition coefficient (Wildman–Crippen LogP) is 9.52. The molecule has 0 aromatic carbocycles. The van der Waals surface area contributed by atoms with Gasteiger partial charge in [0.05, 0.1) is 0 Å². The molecule has 0 unspecified atom stereocenters. The van der Waals surface area contributed by atoms with Crippen molar-refractivity contribution in [3.63, 3.8) is 0 Å². The maximum atomic E-state index is 2.21. The Labute approximate surface area is 136 Å². The molecule has 0 aromatic rings. The van der Waals surface area contributed by atoms with Crippen molar-refractivity contribution in [2.24, 2.45) is 0 Å². The van der Waals surface area contributed by atoms with Crippen LogP contribution in [0.4, 0.5) is 0 Å². The SMILES string of the molecule is CC.CC.CC.CCC.CCC.CCC.CCCCC. The van der Waals surface area contributed by atoms with E-state index >= 15 is 0 Å². The van der Waals surface area contributed by atoms with E-state index in [2.05, 4.69) is 55.4 Å². The minimum atomic E-state index is 1.25. The Balaban J connectivity index is -0.0000000204. The van der Waals surface area contributed by atoms with E-state index in [4.69, 9.17) is 0 Å². The summed E-state index contributed by atoms with van der Waals surface area (Å²) >= 11 is 0. The van der Waals surface area contributed by atoms with Crippen LogP contribution in [0.3, 0.4) is 0 Å². The molecule has 0 spiro atoms. The van der Waals surface area contributed by atoms with E-state index in [1.807, 2.05) is 41.5 Å². The third-order valence-electron chi connectivity index (χ3n) is 0.707. The highest BCUT2D eigenvalue weighted by Gasteiger charge is 1.68. The molecule has 0 heteroatoms. The Morgan fingerprint density at radius 3 is 0.450 bits per heavy atom. The number of unbranched alkanes of at least 4 members (excludes halogenated alkanes) is 2. The zero-order valence-corrected chi connectivity index (χ0v) is 18.2. The monoisotopic (exact) mass is 294 g/mol. The molecule has 0 aromatic heterocycles. The summed E-state index contributed by atoms with van der Waals surface area (Å²) in [6.07, 6.45) is 7.83. The van der Waals surface area contributed by atoms with Gasteiger partial charge in [0.15, 0.2) is 0 Å². The number of hydrogen-bond acceptors (Lipinski definition) is 0. The average molecular weight is 295 g/mol. The zero-order chi connectivity index (χ0) is 18.2. The molecule has 0 aliphatic rings. The normalized spacial score (nSPS) is 5.70. The molecule has 0 bridgehead atoms. The summed E-state index contributed by atoms with van der Waals surface area (Å²) < 4.78 is 0. The molecule has 0 saturated carbocycles. The third-order valence-corrected chi connectivity index (χ3v) is 0.707. The van der Waals surface area contributed by atoms with E-state index in [0.29, 0.717) is 0 Å². The van der Waals surface area contributed by atoms with Gasteiger partial charge in [-0.1, -0.05) is 135 Å². The number of rotatable bonds is 2. The van der Waals surface area contributed by atoms with Gasteiger partial charge in [-0.05, 0) is 0 Å². The van der Waals surface area contributed by atoms with E-state index < -0.39 is 0 Å². The van der Waals surface area contributed by atoms with Crippen LogP contribution in [0.15, 0.2) is 0 Å². The largest absolute Gasteiger partial charge is 0.0683 e. The fourth-order valence-corrected chi connectivity index (χ4v) is 0.354. The second-order valence-corrected chi connectivity index (χ2v) is 3.47. The lowest BCUT2D eigenvalue weighted by molar-refractivity contribution is 0.772. The van der Waals surface area contributed by atoms with Crippen molar-refractivity contribution < 1.29 is 0 Å². The van der Waals surface area contributed by atoms with Gasteiger partial charge in [0.2, 0.25) is 0 Å². The Kier molecular flexibility index (Phi) is 365. The second kappa shape index (κ2) is 171. The minimum absolute atomic E-state index is 1.25. The first-order chi connectivity index (χ1) is 9.66. The van der Waals surface area contributed by atoms with Crippen LogP contribution in [0, 0.1) is 0 Å². The molecule has 0 N–H and O–H groups in total. The third kappa shape index (κ3) is 1300. The maximum Gasteiger partial charge on any atom is -0.0538 e. The summed E-state index contributed by atoms with van der Waals surface area (Å²) in [4.78, 5) is 0. The summed E-state index contributed by atoms with van der Waals surface area (Å²) in [5, 5.41) is 0. The molecule has 0 nitrogen and oxygen atoms in total. The van der Waals surface area contributed by atoms with E-state index in [0.717, 1.165) is 0 Å². The topological polar surface area (TPSA) is 0 Å². The van der Waals surface area contributed by atoms with Crippen LogP contribution < -0.4 is 0 Å². The lowest BCUT2D eigenvalue weighted by atomic mass is 10.3. The second-order valence-electron chi connectivity index (χ2n) is 3.47. The zero-order valence-electron chi connectivity index (χ0n) is 18.2. The van der Waals surface area contributed by atoms with Crippen LogP contribution in [-0.2, 0) is 0 Å². The first kappa shape index (κ1) is 42.7. The van der Waals surface area contributed by atoms with Crippen LogP contribution in [0.2, 0.25) is 0 Å². The lowest BCUT2D eigenvalue weighted by Gasteiger charge is -1.79. The number of hydrogen-bond donors (Lipinski definition) is 0. The molecule has 134 valence electrons. The fourth-order valence-electron chi connectivity index (χ4n) is 0.354. The Bertz CT molecular complexity index is 24.3. The summed E-state index contributed by atoms with van der Waals surface area (Å²) in [7, 11) is 0. The van der Waals surface area contributed by atoms with Crippen molar-refractivity contribution in [3.8, 4) is 0 Å². The van der Waals surface area contributed by atoms with Gasteiger partial charge in [-0.15, -0.1) is 0 Å². The maximum absolute atomic E-state index is 2.21. The van der Waals surface area contributed by atoms with Crippen LogP contribution in [0.5, 0.6) is 0 Å². The molecular weight excluding hydrogens is 240 g/mol. The molecule has 0 fully saturated rings. The fraction of sp³-hybridized carbons (Fsp3) is 1.00. The summed E-state index contributed by atoms with van der Waals surface area (Å²) in [5.41, 5.74) is 0. The molecule has 0 atom stereocenters. The summed E-state index contributed by atoms with van der Waals surface area (Å²) in [6.45, 7) is 29.2. The van der Waals surface area contributed by atoms with Gasteiger partial charge >= 0.3 is 0 Å². The molecule has 0 rings (SSSR count). The quantitative estimate of drug-likeness (QED) is 0.475. The van der Waals surface area contributed by atoms with Gasteiger partial charge in [0.1, 0.15) is 0 Å². The molecule has 0 saturated heterocycles. The molecule has 0 amide bonds. The highest BCUT2D eigenvalue weighted by atomic mass is 13.7. The van der Waals surface area contributed by atoms with Crippen molar-refractivity contribution >= 4 is 0 Å². The van der Waals surface area contributed by atoms with Gasteiger partial charge in [-0.2, -0.15) is 0 Å². The predicted molar refractivity (Wildman–Crippen MR) is 107 cm³/mol. The van der Waals surface area contributed by atoms with E-state index in [1.165, 1.54) is 38.5 Å². The Morgan fingerprint density at radius 2 is 0.450 bits per heavy atom. The Morgan fingerprint density at radius 1 is 0.350 bits per heavy atom.